The Hall–Kier alpha value is -4.65. The Labute approximate surface area is 240 Å². The highest BCUT2D eigenvalue weighted by Crippen LogP contribution is 2.35. The SMILES string of the molecule is COc1cc2nccc(Oc3ccc(N(CC(O)CO)C(=S)NC(=O)Cc4ccccc4)cc3F)c2cc1C(N)=O. The van der Waals surface area contributed by atoms with Gasteiger partial charge in [-0.05, 0) is 42.0 Å². The van der Waals surface area contributed by atoms with Crippen molar-refractivity contribution in [2.24, 2.45) is 5.73 Å². The highest BCUT2D eigenvalue weighted by atomic mass is 32.1. The summed E-state index contributed by atoms with van der Waals surface area (Å²) in [5.41, 5.74) is 6.99. The van der Waals surface area contributed by atoms with Gasteiger partial charge in [-0.3, -0.25) is 14.6 Å². The molecule has 4 rings (SSSR count). The number of hydrogen-bond acceptors (Lipinski definition) is 8. The number of carbonyl (C=O) groups is 2. The van der Waals surface area contributed by atoms with E-state index in [1.54, 1.807) is 24.3 Å². The minimum Gasteiger partial charge on any atom is -0.496 e. The second kappa shape index (κ2) is 13.1. The predicted octanol–water partition coefficient (Wildman–Crippen LogP) is 3.08. The number of aliphatic hydroxyl groups is 2. The van der Waals surface area contributed by atoms with Crippen LogP contribution in [-0.4, -0.2) is 58.5 Å². The van der Waals surface area contributed by atoms with Gasteiger partial charge < -0.3 is 35.6 Å². The molecule has 0 fully saturated rings. The zero-order valence-electron chi connectivity index (χ0n) is 21.9. The third-order valence-corrected chi connectivity index (χ3v) is 6.36. The van der Waals surface area contributed by atoms with Gasteiger partial charge in [-0.25, -0.2) is 4.39 Å². The molecule has 0 saturated carbocycles. The average molecular weight is 579 g/mol. The Kier molecular flexibility index (Phi) is 9.40. The van der Waals surface area contributed by atoms with E-state index < -0.39 is 30.3 Å². The molecule has 1 heterocycles. The fourth-order valence-corrected chi connectivity index (χ4v) is 4.34. The molecule has 41 heavy (non-hydrogen) atoms. The molecule has 0 spiro atoms. The summed E-state index contributed by atoms with van der Waals surface area (Å²) in [6.07, 6.45) is 0.293. The maximum absolute atomic E-state index is 15.4. The molecule has 0 radical (unpaired) electrons. The summed E-state index contributed by atoms with van der Waals surface area (Å²) in [5.74, 6) is -1.60. The first-order chi connectivity index (χ1) is 19.7. The number of fused-ring (bicyclic) bond motifs is 1. The van der Waals surface area contributed by atoms with E-state index in [0.717, 1.165) is 11.6 Å². The number of ether oxygens (including phenoxy) is 2. The van der Waals surface area contributed by atoms with E-state index >= 15 is 4.39 Å². The number of anilines is 1. The van der Waals surface area contributed by atoms with Crippen LogP contribution >= 0.6 is 12.2 Å². The Morgan fingerprint density at radius 3 is 2.51 bits per heavy atom. The number of pyridine rings is 1. The summed E-state index contributed by atoms with van der Waals surface area (Å²) in [5, 5.41) is 22.4. The molecule has 4 aromatic rings. The number of carbonyl (C=O) groups excluding carboxylic acids is 2. The van der Waals surface area contributed by atoms with E-state index in [1.807, 2.05) is 6.07 Å². The van der Waals surface area contributed by atoms with Crippen LogP contribution in [0.15, 0.2) is 72.9 Å². The molecule has 10 nitrogen and oxygen atoms in total. The van der Waals surface area contributed by atoms with Gasteiger partial charge in [-0.1, -0.05) is 30.3 Å². The zero-order chi connectivity index (χ0) is 29.5. The lowest BCUT2D eigenvalue weighted by Gasteiger charge is -2.27. The van der Waals surface area contributed by atoms with E-state index in [9.17, 15) is 19.8 Å². The topological polar surface area (TPSA) is 147 Å². The molecule has 0 aliphatic rings. The smallest absolute Gasteiger partial charge is 0.252 e. The number of nitrogens with two attached hydrogens (primary N) is 1. The van der Waals surface area contributed by atoms with Crippen LogP contribution in [0, 0.1) is 5.82 Å². The van der Waals surface area contributed by atoms with E-state index in [1.165, 1.54) is 48.5 Å². The molecule has 0 aliphatic carbocycles. The first-order valence-corrected chi connectivity index (χ1v) is 12.8. The standard InChI is InChI=1S/C29H27FN4O6S/c1-39-26-14-23-20(13-21(26)28(31)38)24(9-10-32-23)40-25-8-7-18(12-22(25)30)34(15-19(36)16-35)29(41)33-27(37)11-17-5-3-2-4-6-17/h2-10,12-14,19,35-36H,11,15-16H2,1H3,(H2,31,38)(H,33,37,41). The number of halogens is 1. The zero-order valence-corrected chi connectivity index (χ0v) is 22.7. The molecule has 1 atom stereocenters. The monoisotopic (exact) mass is 578 g/mol. The lowest BCUT2D eigenvalue weighted by atomic mass is 10.1. The van der Waals surface area contributed by atoms with Crippen molar-refractivity contribution in [1.29, 1.82) is 0 Å². The highest BCUT2D eigenvalue weighted by Gasteiger charge is 2.21. The quantitative estimate of drug-likeness (QED) is 0.209. The fourth-order valence-electron chi connectivity index (χ4n) is 4.04. The van der Waals surface area contributed by atoms with Crippen molar-refractivity contribution in [3.8, 4) is 17.2 Å². The van der Waals surface area contributed by atoms with Gasteiger partial charge in [-0.15, -0.1) is 0 Å². The molecular formula is C29H27FN4O6S. The van der Waals surface area contributed by atoms with Crippen LogP contribution in [-0.2, 0) is 11.2 Å². The van der Waals surface area contributed by atoms with E-state index in [4.69, 9.17) is 27.4 Å². The summed E-state index contributed by atoms with van der Waals surface area (Å²) >= 11 is 5.40. The van der Waals surface area contributed by atoms with Crippen molar-refractivity contribution in [2.45, 2.75) is 12.5 Å². The number of hydrogen-bond donors (Lipinski definition) is 4. The molecule has 2 amide bonds. The Morgan fingerprint density at radius 2 is 1.85 bits per heavy atom. The van der Waals surface area contributed by atoms with Gasteiger partial charge in [0.1, 0.15) is 11.5 Å². The van der Waals surface area contributed by atoms with Gasteiger partial charge in [0.25, 0.3) is 5.91 Å². The normalized spacial score (nSPS) is 11.5. The van der Waals surface area contributed by atoms with Crippen molar-refractivity contribution >= 4 is 45.7 Å². The van der Waals surface area contributed by atoms with Crippen molar-refractivity contribution in [1.82, 2.24) is 10.3 Å². The molecule has 1 aromatic heterocycles. The summed E-state index contributed by atoms with van der Waals surface area (Å²) in [6.45, 7) is -0.790. The van der Waals surface area contributed by atoms with E-state index in [0.29, 0.717) is 10.9 Å². The van der Waals surface area contributed by atoms with Crippen molar-refractivity contribution in [3.63, 3.8) is 0 Å². The van der Waals surface area contributed by atoms with Crippen LogP contribution in [0.5, 0.6) is 17.2 Å². The predicted molar refractivity (Wildman–Crippen MR) is 155 cm³/mol. The number of rotatable bonds is 10. The van der Waals surface area contributed by atoms with Gasteiger partial charge in [0.15, 0.2) is 16.7 Å². The highest BCUT2D eigenvalue weighted by molar-refractivity contribution is 7.80. The molecular weight excluding hydrogens is 551 g/mol. The molecule has 0 bridgehead atoms. The van der Waals surface area contributed by atoms with Gasteiger partial charge in [0, 0.05) is 29.4 Å². The van der Waals surface area contributed by atoms with Gasteiger partial charge in [0.2, 0.25) is 5.91 Å². The third-order valence-electron chi connectivity index (χ3n) is 6.04. The Balaban J connectivity index is 1.59. The third kappa shape index (κ3) is 7.11. The average Bonchev–Trinajstić information content (AvgIpc) is 2.96. The first kappa shape index (κ1) is 29.3. The fraction of sp³-hybridized carbons (Fsp3) is 0.172. The summed E-state index contributed by atoms with van der Waals surface area (Å²) in [4.78, 5) is 30.0. The minimum absolute atomic E-state index is 0.0573. The number of amides is 2. The van der Waals surface area contributed by atoms with Crippen LogP contribution in [0.25, 0.3) is 10.9 Å². The van der Waals surface area contributed by atoms with Crippen LogP contribution < -0.4 is 25.4 Å². The lowest BCUT2D eigenvalue weighted by molar-refractivity contribution is -0.119. The molecule has 212 valence electrons. The number of methoxy groups -OCH3 is 1. The molecule has 0 saturated heterocycles. The number of thiocarbonyl (C=S) groups is 1. The maximum Gasteiger partial charge on any atom is 0.252 e. The number of nitrogens with zero attached hydrogens (tertiary/aromatic N) is 2. The maximum atomic E-state index is 15.4. The van der Waals surface area contributed by atoms with Crippen LogP contribution in [0.3, 0.4) is 0 Å². The molecule has 0 aliphatic heterocycles. The second-order valence-electron chi connectivity index (χ2n) is 8.92. The van der Waals surface area contributed by atoms with Crippen LogP contribution in [0.4, 0.5) is 10.1 Å². The number of aliphatic hydroxyl groups excluding tert-OH is 2. The van der Waals surface area contributed by atoms with Crippen LogP contribution in [0.1, 0.15) is 15.9 Å². The summed E-state index contributed by atoms with van der Waals surface area (Å²) in [6, 6.07) is 17.5. The number of nitrogens with one attached hydrogen (secondary N) is 1. The van der Waals surface area contributed by atoms with Crippen LogP contribution in [0.2, 0.25) is 0 Å². The molecule has 5 N–H and O–H groups in total. The van der Waals surface area contributed by atoms with Crippen molar-refractivity contribution < 1.29 is 33.7 Å². The molecule has 12 heteroatoms. The second-order valence-corrected chi connectivity index (χ2v) is 9.31. The lowest BCUT2D eigenvalue weighted by Crippen LogP contribution is -2.47. The largest absolute Gasteiger partial charge is 0.496 e. The number of primary amides is 1. The van der Waals surface area contributed by atoms with Crippen molar-refractivity contribution in [3.05, 3.63) is 89.9 Å². The van der Waals surface area contributed by atoms with Crippen molar-refractivity contribution in [2.75, 3.05) is 25.2 Å². The first-order valence-electron chi connectivity index (χ1n) is 12.4. The van der Waals surface area contributed by atoms with E-state index in [2.05, 4.69) is 10.3 Å². The van der Waals surface area contributed by atoms with Gasteiger partial charge in [-0.2, -0.15) is 0 Å². The number of aromatic nitrogens is 1. The minimum atomic E-state index is -1.22. The van der Waals surface area contributed by atoms with E-state index in [-0.39, 0.29) is 46.6 Å². The number of benzene rings is 3. The summed E-state index contributed by atoms with van der Waals surface area (Å²) in [7, 11) is 1.40. The Bertz CT molecular complexity index is 1590. The Morgan fingerprint density at radius 1 is 1.10 bits per heavy atom. The molecule has 3 aromatic carbocycles. The van der Waals surface area contributed by atoms with Gasteiger partial charge in [0.05, 0.1) is 43.9 Å². The molecule has 1 unspecified atom stereocenters. The summed E-state index contributed by atoms with van der Waals surface area (Å²) < 4.78 is 26.4. The van der Waals surface area contributed by atoms with Gasteiger partial charge >= 0.3 is 0 Å².